The van der Waals surface area contributed by atoms with Crippen molar-refractivity contribution in [2.75, 3.05) is 29.3 Å². The highest BCUT2D eigenvalue weighted by Gasteiger charge is 2.10. The SMILES string of the molecule is CSCCNC(=O)c1ccc(/C=N/Nc2ncnc(Nc3cccc(N=O)c3)c2C=N)cc1. The molecule has 1 aromatic heterocycles. The standard InChI is InChI=1S/C22H22N8O2S/c1-33-10-9-24-22(31)16-7-5-15(6-8-16)13-27-29-21-19(12-23)20(25-14-26-21)28-17-3-2-4-18(11-17)30-32/h2-8,11-14,23H,9-10H2,1H3,(H,24,31)(H2,25,26,28,29)/b23-12?,27-13+. The van der Waals surface area contributed by atoms with E-state index >= 15 is 0 Å². The quantitative estimate of drug-likeness (QED) is 0.145. The monoisotopic (exact) mass is 462 g/mol. The highest BCUT2D eigenvalue weighted by atomic mass is 32.2. The van der Waals surface area contributed by atoms with Crippen molar-refractivity contribution in [3.63, 3.8) is 0 Å². The number of carbonyl (C=O) groups excluding carboxylic acids is 1. The van der Waals surface area contributed by atoms with Gasteiger partial charge in [0.1, 0.15) is 17.8 Å². The Balaban J connectivity index is 1.67. The van der Waals surface area contributed by atoms with Gasteiger partial charge in [0.15, 0.2) is 5.82 Å². The average Bonchev–Trinajstić information content (AvgIpc) is 2.85. The van der Waals surface area contributed by atoms with Gasteiger partial charge in [-0.2, -0.15) is 16.9 Å². The number of hydrazone groups is 1. The number of nitrogens with one attached hydrogen (secondary N) is 4. The van der Waals surface area contributed by atoms with Crippen LogP contribution in [0.25, 0.3) is 0 Å². The number of benzene rings is 2. The molecule has 0 aliphatic rings. The van der Waals surface area contributed by atoms with Crippen LogP contribution in [0.3, 0.4) is 0 Å². The van der Waals surface area contributed by atoms with Crippen LogP contribution in [0.4, 0.5) is 23.0 Å². The summed E-state index contributed by atoms with van der Waals surface area (Å²) in [5, 5.41) is 20.7. The van der Waals surface area contributed by atoms with Crippen LogP contribution in [-0.4, -0.2) is 46.9 Å². The van der Waals surface area contributed by atoms with E-state index in [2.05, 4.69) is 36.3 Å². The fourth-order valence-corrected chi connectivity index (χ4v) is 3.06. The Kier molecular flexibility index (Phi) is 8.60. The van der Waals surface area contributed by atoms with Crippen molar-refractivity contribution in [3.05, 3.63) is 76.5 Å². The molecule has 33 heavy (non-hydrogen) atoms. The zero-order valence-corrected chi connectivity index (χ0v) is 18.6. The van der Waals surface area contributed by atoms with Gasteiger partial charge in [-0.3, -0.25) is 10.2 Å². The van der Waals surface area contributed by atoms with Crippen LogP contribution in [-0.2, 0) is 0 Å². The zero-order chi connectivity index (χ0) is 23.5. The molecule has 2 aromatic carbocycles. The Morgan fingerprint density at radius 3 is 2.67 bits per heavy atom. The molecule has 168 valence electrons. The lowest BCUT2D eigenvalue weighted by Gasteiger charge is -2.11. The maximum atomic E-state index is 12.1. The lowest BCUT2D eigenvalue weighted by molar-refractivity contribution is 0.0956. The molecule has 0 saturated carbocycles. The van der Waals surface area contributed by atoms with Crippen molar-refractivity contribution < 1.29 is 4.79 Å². The van der Waals surface area contributed by atoms with Crippen LogP contribution in [0, 0.1) is 10.3 Å². The number of thioether (sulfide) groups is 1. The molecule has 0 saturated heterocycles. The molecule has 3 aromatic rings. The number of carbonyl (C=O) groups is 1. The van der Waals surface area contributed by atoms with Crippen molar-refractivity contribution in [3.8, 4) is 0 Å². The van der Waals surface area contributed by atoms with E-state index in [1.165, 1.54) is 6.33 Å². The molecule has 1 amide bonds. The van der Waals surface area contributed by atoms with Crippen molar-refractivity contribution in [2.24, 2.45) is 10.3 Å². The Morgan fingerprint density at radius 2 is 1.94 bits per heavy atom. The number of rotatable bonds is 11. The molecule has 0 bridgehead atoms. The molecule has 3 rings (SSSR count). The molecule has 0 aliphatic heterocycles. The van der Waals surface area contributed by atoms with E-state index in [9.17, 15) is 9.70 Å². The third kappa shape index (κ3) is 6.68. The lowest BCUT2D eigenvalue weighted by Crippen LogP contribution is -2.25. The summed E-state index contributed by atoms with van der Waals surface area (Å²) >= 11 is 1.67. The van der Waals surface area contributed by atoms with Gasteiger partial charge in [-0.05, 0) is 47.3 Å². The van der Waals surface area contributed by atoms with Crippen molar-refractivity contribution >= 4 is 53.1 Å². The van der Waals surface area contributed by atoms with Gasteiger partial charge < -0.3 is 16.0 Å². The topological polar surface area (TPSA) is 145 Å². The summed E-state index contributed by atoms with van der Waals surface area (Å²) in [5.41, 5.74) is 5.43. The number of nitrogens with zero attached hydrogens (tertiary/aromatic N) is 4. The zero-order valence-electron chi connectivity index (χ0n) is 17.8. The number of hydrogen-bond acceptors (Lipinski definition) is 10. The number of amides is 1. The highest BCUT2D eigenvalue weighted by molar-refractivity contribution is 7.98. The molecule has 0 radical (unpaired) electrons. The fraction of sp³-hybridized carbons (Fsp3) is 0.136. The molecule has 0 aliphatic carbocycles. The van der Waals surface area contributed by atoms with Gasteiger partial charge in [0.2, 0.25) is 0 Å². The molecule has 0 atom stereocenters. The number of hydrogen-bond donors (Lipinski definition) is 4. The maximum absolute atomic E-state index is 12.1. The number of anilines is 3. The first-order valence-corrected chi connectivity index (χ1v) is 11.3. The van der Waals surface area contributed by atoms with Gasteiger partial charge in [0.05, 0.1) is 11.8 Å². The van der Waals surface area contributed by atoms with E-state index in [0.29, 0.717) is 35.0 Å². The van der Waals surface area contributed by atoms with Crippen LogP contribution < -0.4 is 16.1 Å². The molecule has 1 heterocycles. The van der Waals surface area contributed by atoms with Crippen molar-refractivity contribution in [1.82, 2.24) is 15.3 Å². The maximum Gasteiger partial charge on any atom is 0.251 e. The predicted molar refractivity (Wildman–Crippen MR) is 133 cm³/mol. The number of nitroso groups, excluding NO2 is 1. The second-order valence-electron chi connectivity index (χ2n) is 6.64. The average molecular weight is 463 g/mol. The van der Waals surface area contributed by atoms with Gasteiger partial charge in [-0.1, -0.05) is 18.2 Å². The van der Waals surface area contributed by atoms with E-state index < -0.39 is 0 Å². The second-order valence-corrected chi connectivity index (χ2v) is 7.62. The van der Waals surface area contributed by atoms with Gasteiger partial charge >= 0.3 is 0 Å². The van der Waals surface area contributed by atoms with E-state index in [4.69, 9.17) is 5.41 Å². The first-order chi connectivity index (χ1) is 16.1. The summed E-state index contributed by atoms with van der Waals surface area (Å²) in [6.07, 6.45) is 6.01. The molecular weight excluding hydrogens is 440 g/mol. The Labute approximate surface area is 194 Å². The van der Waals surface area contributed by atoms with Gasteiger partial charge in [-0.15, -0.1) is 4.91 Å². The van der Waals surface area contributed by atoms with Crippen LogP contribution in [0.2, 0.25) is 0 Å². The smallest absolute Gasteiger partial charge is 0.251 e. The summed E-state index contributed by atoms with van der Waals surface area (Å²) in [7, 11) is 0. The number of aromatic nitrogens is 2. The van der Waals surface area contributed by atoms with E-state index in [0.717, 1.165) is 17.5 Å². The van der Waals surface area contributed by atoms with Crippen LogP contribution in [0.5, 0.6) is 0 Å². The molecule has 0 fully saturated rings. The second kappa shape index (κ2) is 12.1. The minimum atomic E-state index is -0.114. The Morgan fingerprint density at radius 1 is 1.15 bits per heavy atom. The molecular formula is C22H22N8O2S. The minimum absolute atomic E-state index is 0.114. The summed E-state index contributed by atoms with van der Waals surface area (Å²) in [6.45, 7) is 0.623. The molecule has 0 unspecified atom stereocenters. The third-order valence-corrected chi connectivity index (χ3v) is 5.00. The summed E-state index contributed by atoms with van der Waals surface area (Å²) in [6, 6.07) is 13.6. The fourth-order valence-electron chi connectivity index (χ4n) is 2.76. The van der Waals surface area contributed by atoms with Gasteiger partial charge in [0.25, 0.3) is 5.91 Å². The van der Waals surface area contributed by atoms with E-state index in [1.807, 2.05) is 6.26 Å². The third-order valence-electron chi connectivity index (χ3n) is 4.39. The molecule has 10 nitrogen and oxygen atoms in total. The van der Waals surface area contributed by atoms with Gasteiger partial charge in [0, 0.05) is 29.8 Å². The Bertz CT molecular complexity index is 1150. The largest absolute Gasteiger partial charge is 0.351 e. The first kappa shape index (κ1) is 23.5. The molecule has 0 spiro atoms. The van der Waals surface area contributed by atoms with E-state index in [1.54, 1.807) is 66.5 Å². The van der Waals surface area contributed by atoms with Crippen LogP contribution >= 0.6 is 11.8 Å². The van der Waals surface area contributed by atoms with Crippen molar-refractivity contribution in [1.29, 1.82) is 5.41 Å². The summed E-state index contributed by atoms with van der Waals surface area (Å²) in [4.78, 5) is 31.1. The van der Waals surface area contributed by atoms with Gasteiger partial charge in [-0.25, -0.2) is 9.97 Å². The molecule has 4 N–H and O–H groups in total. The lowest BCUT2D eigenvalue weighted by atomic mass is 10.1. The van der Waals surface area contributed by atoms with Crippen LogP contribution in [0.15, 0.2) is 65.1 Å². The normalized spacial score (nSPS) is 10.6. The first-order valence-electron chi connectivity index (χ1n) is 9.86. The van der Waals surface area contributed by atoms with Crippen molar-refractivity contribution in [2.45, 2.75) is 0 Å². The summed E-state index contributed by atoms with van der Waals surface area (Å²) < 4.78 is 0. The van der Waals surface area contributed by atoms with E-state index in [-0.39, 0.29) is 11.6 Å². The Hall–Kier alpha value is -4.12. The highest BCUT2D eigenvalue weighted by Crippen LogP contribution is 2.24. The summed E-state index contributed by atoms with van der Waals surface area (Å²) in [5.74, 6) is 1.45. The molecule has 11 heteroatoms. The predicted octanol–water partition coefficient (Wildman–Crippen LogP) is 4.15. The minimum Gasteiger partial charge on any atom is -0.351 e. The van der Waals surface area contributed by atoms with Crippen LogP contribution in [0.1, 0.15) is 21.5 Å².